The molecule has 0 spiro atoms. The highest BCUT2D eigenvalue weighted by molar-refractivity contribution is 6.04. The Kier molecular flexibility index (Phi) is 6.58. The summed E-state index contributed by atoms with van der Waals surface area (Å²) < 4.78 is 39.4. The largest absolute Gasteiger partial charge is 0.405 e. The van der Waals surface area contributed by atoms with Crippen molar-refractivity contribution in [3.8, 4) is 6.07 Å². The number of allylic oxidation sites excluding steroid dienone is 3. The lowest BCUT2D eigenvalue weighted by Gasteiger charge is -2.71. The molecule has 5 aliphatic rings. The van der Waals surface area contributed by atoms with Crippen LogP contribution >= 0.6 is 0 Å². The van der Waals surface area contributed by atoms with E-state index >= 15 is 0 Å². The van der Waals surface area contributed by atoms with E-state index in [0.717, 1.165) is 44.1 Å². The molecular weight excluding hydrogens is 513 g/mol. The zero-order valence-corrected chi connectivity index (χ0v) is 24.9. The van der Waals surface area contributed by atoms with Crippen molar-refractivity contribution in [1.29, 1.82) is 5.26 Å². The fourth-order valence-electron chi connectivity index (χ4n) is 11.5. The first-order chi connectivity index (χ1) is 18.4. The van der Waals surface area contributed by atoms with E-state index in [1.54, 1.807) is 0 Å². The third-order valence-electron chi connectivity index (χ3n) is 13.4. The Morgan fingerprint density at radius 2 is 1.70 bits per heavy atom. The summed E-state index contributed by atoms with van der Waals surface area (Å²) in [5.41, 5.74) is -0.609. The van der Waals surface area contributed by atoms with E-state index in [1.165, 1.54) is 0 Å². The summed E-state index contributed by atoms with van der Waals surface area (Å²) in [7, 11) is 0. The van der Waals surface area contributed by atoms with Gasteiger partial charge < -0.3 is 5.32 Å². The summed E-state index contributed by atoms with van der Waals surface area (Å²) in [6.45, 7) is 16.1. The summed E-state index contributed by atoms with van der Waals surface area (Å²) in [6, 6.07) is 2.21. The van der Waals surface area contributed by atoms with E-state index < -0.39 is 29.5 Å². The zero-order chi connectivity index (χ0) is 29.7. The third-order valence-corrected chi connectivity index (χ3v) is 13.4. The number of Topliss-reactive ketones (excluding diaryl/α,β-unsaturated/α-hetero) is 1. The Balaban J connectivity index is 1.56. The standard InChI is InChI=1S/C33H45F3N2O2/c1-19(2)21-10-13-32(27(40)38-18-33(34,35)36)15-14-30(6)22(25(21)32)8-9-24-29(5)16-20(17-37)26(39)28(3,4)23(29)11-12-31(24,30)7/h16,21-25H,1,8-15,18H2,2-7H3,(H,38,40)/t21?,22-,23+,24?,25-,29+,30-,31-,32+/m1/s1. The quantitative estimate of drug-likeness (QED) is 0.364. The molecule has 0 heterocycles. The minimum Gasteiger partial charge on any atom is -0.346 e. The maximum Gasteiger partial charge on any atom is 0.405 e. The molecule has 4 fully saturated rings. The van der Waals surface area contributed by atoms with Crippen LogP contribution in [0.1, 0.15) is 92.9 Å². The Labute approximate surface area is 237 Å². The number of nitriles is 1. The van der Waals surface area contributed by atoms with E-state index in [0.29, 0.717) is 12.8 Å². The Hall–Kier alpha value is -2.10. The van der Waals surface area contributed by atoms with Crippen molar-refractivity contribution >= 4 is 11.7 Å². The zero-order valence-electron chi connectivity index (χ0n) is 24.9. The summed E-state index contributed by atoms with van der Waals surface area (Å²) in [5, 5.41) is 12.2. The molecule has 2 unspecified atom stereocenters. The van der Waals surface area contributed by atoms with Crippen molar-refractivity contribution in [1.82, 2.24) is 5.32 Å². The van der Waals surface area contributed by atoms with Gasteiger partial charge in [0.15, 0.2) is 5.78 Å². The number of fused-ring (bicyclic) bond motifs is 7. The van der Waals surface area contributed by atoms with E-state index in [2.05, 4.69) is 38.7 Å². The average Bonchev–Trinajstić information content (AvgIpc) is 3.26. The molecule has 40 heavy (non-hydrogen) atoms. The summed E-state index contributed by atoms with van der Waals surface area (Å²) in [6.07, 6.45) is 4.01. The SMILES string of the molecule is C=C(C)C1CC[C@]2(C(=O)NCC(F)(F)F)CC[C@]3(C)[C@H](CCC4[C@@]5(C)C=C(C#N)C(=O)C(C)(C)[C@@H]5CC[C@]43C)[C@@H]12. The van der Waals surface area contributed by atoms with Gasteiger partial charge in [0.25, 0.3) is 0 Å². The van der Waals surface area contributed by atoms with Gasteiger partial charge in [0, 0.05) is 5.41 Å². The van der Waals surface area contributed by atoms with Gasteiger partial charge in [-0.3, -0.25) is 9.59 Å². The summed E-state index contributed by atoms with van der Waals surface area (Å²) in [4.78, 5) is 26.9. The maximum absolute atomic E-state index is 13.7. The van der Waals surface area contributed by atoms with Crippen molar-refractivity contribution in [2.75, 3.05) is 6.54 Å². The van der Waals surface area contributed by atoms with E-state index in [9.17, 15) is 28.0 Å². The van der Waals surface area contributed by atoms with Gasteiger partial charge in [0.2, 0.25) is 5.91 Å². The predicted molar refractivity (Wildman–Crippen MR) is 148 cm³/mol. The minimum atomic E-state index is -4.44. The van der Waals surface area contributed by atoms with Crippen LogP contribution in [-0.4, -0.2) is 24.4 Å². The molecule has 0 radical (unpaired) electrons. The fraction of sp³-hybridized carbons (Fsp3) is 0.788. The number of hydrogen-bond donors (Lipinski definition) is 1. The number of alkyl halides is 3. The molecule has 0 bridgehead atoms. The number of carbonyl (C=O) groups excluding carboxylic acids is 2. The topological polar surface area (TPSA) is 70.0 Å². The van der Waals surface area contributed by atoms with Crippen LogP contribution in [0.25, 0.3) is 0 Å². The van der Waals surface area contributed by atoms with Gasteiger partial charge in [-0.1, -0.05) is 52.8 Å². The van der Waals surface area contributed by atoms with Gasteiger partial charge in [0.05, 0.1) is 11.0 Å². The van der Waals surface area contributed by atoms with Gasteiger partial charge in [-0.05, 0) is 104 Å². The number of nitrogens with zero attached hydrogens (tertiary/aromatic N) is 1. The van der Waals surface area contributed by atoms with Crippen LogP contribution in [0.5, 0.6) is 0 Å². The van der Waals surface area contributed by atoms with E-state index in [4.69, 9.17) is 0 Å². The fourth-order valence-corrected chi connectivity index (χ4v) is 11.5. The average molecular weight is 559 g/mol. The maximum atomic E-state index is 13.7. The monoisotopic (exact) mass is 558 g/mol. The number of halogens is 3. The number of carbonyl (C=O) groups is 2. The van der Waals surface area contributed by atoms with Gasteiger partial charge in [0.1, 0.15) is 12.6 Å². The van der Waals surface area contributed by atoms with Crippen LogP contribution in [0.4, 0.5) is 13.2 Å². The Morgan fingerprint density at radius 1 is 1.02 bits per heavy atom. The van der Waals surface area contributed by atoms with Crippen molar-refractivity contribution < 1.29 is 22.8 Å². The normalized spacial score (nSPS) is 45.6. The number of amides is 1. The first-order valence-corrected chi connectivity index (χ1v) is 15.1. The van der Waals surface area contributed by atoms with Crippen LogP contribution in [0.3, 0.4) is 0 Å². The van der Waals surface area contributed by atoms with Crippen LogP contribution in [0, 0.1) is 68.0 Å². The van der Waals surface area contributed by atoms with E-state index in [-0.39, 0.29) is 57.2 Å². The second-order valence-corrected chi connectivity index (χ2v) is 15.2. The van der Waals surface area contributed by atoms with Gasteiger partial charge in [-0.2, -0.15) is 18.4 Å². The van der Waals surface area contributed by atoms with Crippen molar-refractivity contribution in [3.63, 3.8) is 0 Å². The third kappa shape index (κ3) is 3.76. The van der Waals surface area contributed by atoms with Crippen molar-refractivity contribution in [2.45, 2.75) is 99.1 Å². The summed E-state index contributed by atoms with van der Waals surface area (Å²) >= 11 is 0. The first-order valence-electron chi connectivity index (χ1n) is 15.1. The lowest BCUT2D eigenvalue weighted by Crippen LogP contribution is -2.66. The molecule has 7 heteroatoms. The molecular formula is C33H45F3N2O2. The van der Waals surface area contributed by atoms with Gasteiger partial charge in [-0.25, -0.2) is 0 Å². The Morgan fingerprint density at radius 3 is 2.30 bits per heavy atom. The Bertz CT molecular complexity index is 1210. The molecule has 5 aliphatic carbocycles. The molecule has 4 saturated carbocycles. The number of ketones is 1. The minimum absolute atomic E-state index is 0.0325. The molecule has 0 aromatic carbocycles. The second kappa shape index (κ2) is 8.95. The molecule has 1 amide bonds. The van der Waals surface area contributed by atoms with Gasteiger partial charge in [-0.15, -0.1) is 0 Å². The highest BCUT2D eigenvalue weighted by Gasteiger charge is 2.72. The predicted octanol–water partition coefficient (Wildman–Crippen LogP) is 7.56. The van der Waals surface area contributed by atoms with Crippen LogP contribution in [-0.2, 0) is 9.59 Å². The van der Waals surface area contributed by atoms with Crippen LogP contribution in [0.15, 0.2) is 23.8 Å². The molecule has 0 saturated heterocycles. The molecule has 5 rings (SSSR count). The van der Waals surface area contributed by atoms with Gasteiger partial charge >= 0.3 is 6.18 Å². The number of rotatable bonds is 3. The molecule has 1 N–H and O–H groups in total. The second-order valence-electron chi connectivity index (χ2n) is 15.2. The number of nitrogens with one attached hydrogen (secondary N) is 1. The van der Waals surface area contributed by atoms with E-state index in [1.807, 2.05) is 26.8 Å². The first kappa shape index (κ1) is 29.4. The molecule has 0 aromatic rings. The van der Waals surface area contributed by atoms with Crippen LogP contribution in [0.2, 0.25) is 0 Å². The number of hydrogen-bond acceptors (Lipinski definition) is 3. The summed E-state index contributed by atoms with van der Waals surface area (Å²) in [5.74, 6) is 0.210. The van der Waals surface area contributed by atoms with Crippen LogP contribution < -0.4 is 5.32 Å². The molecule has 220 valence electrons. The highest BCUT2D eigenvalue weighted by atomic mass is 19.4. The molecule has 9 atom stereocenters. The van der Waals surface area contributed by atoms with Crippen molar-refractivity contribution in [2.24, 2.45) is 56.7 Å². The molecule has 4 nitrogen and oxygen atoms in total. The lowest BCUT2D eigenvalue weighted by atomic mass is 9.32. The van der Waals surface area contributed by atoms with Crippen molar-refractivity contribution in [3.05, 3.63) is 23.8 Å². The molecule has 0 aliphatic heterocycles. The highest BCUT2D eigenvalue weighted by Crippen LogP contribution is 2.77. The smallest absolute Gasteiger partial charge is 0.346 e. The lowest BCUT2D eigenvalue weighted by molar-refractivity contribution is -0.218. The molecule has 0 aromatic heterocycles.